The lowest BCUT2D eigenvalue weighted by Crippen LogP contribution is -2.43. The van der Waals surface area contributed by atoms with Crippen LogP contribution in [0, 0.1) is 0 Å². The molecular weight excluding hydrogens is 195 g/mol. The average molecular weight is 207 g/mol. The summed E-state index contributed by atoms with van der Waals surface area (Å²) in [6, 6.07) is 0. The number of hydrogen-bond donors (Lipinski definition) is 0. The molecule has 0 saturated heterocycles. The van der Waals surface area contributed by atoms with E-state index in [-0.39, 0.29) is 13.1 Å². The number of rotatable bonds is 1. The van der Waals surface area contributed by atoms with Crippen molar-refractivity contribution in [1.82, 2.24) is 4.90 Å². The van der Waals surface area contributed by atoms with E-state index in [0.717, 1.165) is 16.9 Å². The lowest BCUT2D eigenvalue weighted by atomic mass is 10.1. The molecule has 0 fully saturated rings. The number of carbonyl (C=O) groups excluding carboxylic acids is 1. The van der Waals surface area contributed by atoms with Crippen LogP contribution in [0.15, 0.2) is 11.6 Å². The fraction of sp³-hybridized carbons (Fsp3) is 0.667. The largest absolute Gasteiger partial charge is 0.471 e. The van der Waals surface area contributed by atoms with E-state index in [0.29, 0.717) is 6.42 Å². The van der Waals surface area contributed by atoms with E-state index in [1.807, 2.05) is 6.92 Å². The highest BCUT2D eigenvalue weighted by atomic mass is 19.4. The van der Waals surface area contributed by atoms with E-state index in [2.05, 4.69) is 0 Å². The number of amides is 1. The molecule has 14 heavy (non-hydrogen) atoms. The first-order chi connectivity index (χ1) is 6.45. The van der Waals surface area contributed by atoms with E-state index in [1.165, 1.54) is 0 Å². The van der Waals surface area contributed by atoms with Crippen molar-refractivity contribution in [2.75, 3.05) is 13.1 Å². The fourth-order valence-corrected chi connectivity index (χ4v) is 1.40. The van der Waals surface area contributed by atoms with Crippen LogP contribution >= 0.6 is 0 Å². The fourth-order valence-electron chi connectivity index (χ4n) is 1.40. The molecule has 0 aromatic heterocycles. The van der Waals surface area contributed by atoms with Gasteiger partial charge in [0.05, 0.1) is 0 Å². The first kappa shape index (κ1) is 11.1. The highest BCUT2D eigenvalue weighted by Crippen LogP contribution is 2.21. The molecular formula is C9H12F3NO. The lowest BCUT2D eigenvalue weighted by Gasteiger charge is -2.26. The van der Waals surface area contributed by atoms with Crippen molar-refractivity contribution in [2.45, 2.75) is 25.9 Å². The van der Waals surface area contributed by atoms with Gasteiger partial charge < -0.3 is 4.90 Å². The van der Waals surface area contributed by atoms with Crippen LogP contribution in [0.2, 0.25) is 0 Å². The molecule has 1 rings (SSSR count). The van der Waals surface area contributed by atoms with Crippen LogP contribution < -0.4 is 0 Å². The molecule has 0 spiro atoms. The van der Waals surface area contributed by atoms with Gasteiger partial charge in [-0.05, 0) is 12.8 Å². The molecule has 1 aliphatic rings. The average Bonchev–Trinajstić information content (AvgIpc) is 2.15. The summed E-state index contributed by atoms with van der Waals surface area (Å²) in [5, 5.41) is 0. The monoisotopic (exact) mass is 207 g/mol. The van der Waals surface area contributed by atoms with Gasteiger partial charge >= 0.3 is 12.1 Å². The second-order valence-electron chi connectivity index (χ2n) is 3.21. The molecule has 0 aliphatic carbocycles. The van der Waals surface area contributed by atoms with E-state index in [9.17, 15) is 18.0 Å². The van der Waals surface area contributed by atoms with Crippen molar-refractivity contribution in [3.63, 3.8) is 0 Å². The number of alkyl halides is 3. The predicted molar refractivity (Wildman–Crippen MR) is 45.6 cm³/mol. The van der Waals surface area contributed by atoms with Gasteiger partial charge in [-0.1, -0.05) is 18.6 Å². The highest BCUT2D eigenvalue weighted by Gasteiger charge is 2.42. The minimum Gasteiger partial charge on any atom is -0.331 e. The summed E-state index contributed by atoms with van der Waals surface area (Å²) in [6.45, 7) is 2.21. The van der Waals surface area contributed by atoms with Gasteiger partial charge in [-0.2, -0.15) is 13.2 Å². The molecule has 1 aliphatic heterocycles. The molecule has 1 heterocycles. The standard InChI is InChI=1S/C9H12F3NO/c1-2-7-3-5-13(6-4-7)8(14)9(10,11)12/h3H,2,4-6H2,1H3. The van der Waals surface area contributed by atoms with E-state index < -0.39 is 12.1 Å². The zero-order chi connectivity index (χ0) is 10.8. The summed E-state index contributed by atoms with van der Waals surface area (Å²) in [6.07, 6.45) is -1.64. The van der Waals surface area contributed by atoms with Crippen LogP contribution in [0.5, 0.6) is 0 Å². The van der Waals surface area contributed by atoms with Crippen molar-refractivity contribution in [3.05, 3.63) is 11.6 Å². The minimum absolute atomic E-state index is 0.0848. The van der Waals surface area contributed by atoms with Crippen LogP contribution in [0.3, 0.4) is 0 Å². The van der Waals surface area contributed by atoms with Gasteiger partial charge in [0.1, 0.15) is 0 Å². The maximum absolute atomic E-state index is 12.0. The summed E-state index contributed by atoms with van der Waals surface area (Å²) >= 11 is 0. The Labute approximate surface area is 80.4 Å². The van der Waals surface area contributed by atoms with E-state index >= 15 is 0 Å². The van der Waals surface area contributed by atoms with Gasteiger partial charge in [0, 0.05) is 13.1 Å². The van der Waals surface area contributed by atoms with Crippen molar-refractivity contribution < 1.29 is 18.0 Å². The first-order valence-electron chi connectivity index (χ1n) is 4.49. The Hall–Kier alpha value is -1.00. The summed E-state index contributed by atoms with van der Waals surface area (Å²) in [5.74, 6) is -1.73. The van der Waals surface area contributed by atoms with Crippen molar-refractivity contribution >= 4 is 5.91 Å². The van der Waals surface area contributed by atoms with Crippen LogP contribution in [0.1, 0.15) is 19.8 Å². The molecule has 0 unspecified atom stereocenters. The Bertz CT molecular complexity index is 257. The van der Waals surface area contributed by atoms with Gasteiger partial charge in [0.25, 0.3) is 0 Å². The second-order valence-corrected chi connectivity index (χ2v) is 3.21. The smallest absolute Gasteiger partial charge is 0.331 e. The van der Waals surface area contributed by atoms with Gasteiger partial charge in [-0.3, -0.25) is 4.79 Å². The zero-order valence-corrected chi connectivity index (χ0v) is 7.90. The third kappa shape index (κ3) is 2.49. The topological polar surface area (TPSA) is 20.3 Å². The molecule has 0 atom stereocenters. The van der Waals surface area contributed by atoms with Crippen molar-refractivity contribution in [3.8, 4) is 0 Å². The minimum atomic E-state index is -4.74. The Morgan fingerprint density at radius 3 is 2.57 bits per heavy atom. The van der Waals surface area contributed by atoms with Crippen molar-refractivity contribution in [1.29, 1.82) is 0 Å². The van der Waals surface area contributed by atoms with Gasteiger partial charge in [-0.25, -0.2) is 0 Å². The highest BCUT2D eigenvalue weighted by molar-refractivity contribution is 5.82. The molecule has 0 radical (unpaired) electrons. The second kappa shape index (κ2) is 4.02. The molecule has 2 nitrogen and oxygen atoms in total. The molecule has 80 valence electrons. The Morgan fingerprint density at radius 1 is 1.57 bits per heavy atom. The van der Waals surface area contributed by atoms with Crippen LogP contribution in [0.25, 0.3) is 0 Å². The summed E-state index contributed by atoms with van der Waals surface area (Å²) < 4.78 is 36.0. The molecule has 5 heteroatoms. The van der Waals surface area contributed by atoms with Crippen molar-refractivity contribution in [2.24, 2.45) is 0 Å². The quantitative estimate of drug-likeness (QED) is 0.603. The third-order valence-electron chi connectivity index (χ3n) is 2.29. The Kier molecular flexibility index (Phi) is 3.18. The van der Waals surface area contributed by atoms with E-state index in [1.54, 1.807) is 6.08 Å². The summed E-state index contributed by atoms with van der Waals surface area (Å²) in [5.41, 5.74) is 1.12. The number of hydrogen-bond acceptors (Lipinski definition) is 1. The summed E-state index contributed by atoms with van der Waals surface area (Å²) in [4.78, 5) is 11.6. The Balaban J connectivity index is 2.59. The lowest BCUT2D eigenvalue weighted by molar-refractivity contribution is -0.185. The third-order valence-corrected chi connectivity index (χ3v) is 2.29. The number of carbonyl (C=O) groups is 1. The molecule has 0 saturated carbocycles. The van der Waals surface area contributed by atoms with Gasteiger partial charge in [0.2, 0.25) is 0 Å². The number of halogens is 3. The van der Waals surface area contributed by atoms with Gasteiger partial charge in [0.15, 0.2) is 0 Å². The molecule has 0 bridgehead atoms. The van der Waals surface area contributed by atoms with E-state index in [4.69, 9.17) is 0 Å². The molecule has 0 N–H and O–H groups in total. The number of nitrogens with zero attached hydrogens (tertiary/aromatic N) is 1. The first-order valence-corrected chi connectivity index (χ1v) is 4.49. The summed E-state index contributed by atoms with van der Waals surface area (Å²) in [7, 11) is 0. The SMILES string of the molecule is CCC1=CCN(C(=O)C(F)(F)F)CC1. The zero-order valence-electron chi connectivity index (χ0n) is 7.90. The van der Waals surface area contributed by atoms with Crippen LogP contribution in [-0.2, 0) is 4.79 Å². The van der Waals surface area contributed by atoms with Crippen LogP contribution in [0.4, 0.5) is 13.2 Å². The molecule has 0 aromatic carbocycles. The van der Waals surface area contributed by atoms with Crippen LogP contribution in [-0.4, -0.2) is 30.1 Å². The Morgan fingerprint density at radius 2 is 2.21 bits per heavy atom. The normalized spacial score (nSPS) is 18.0. The maximum Gasteiger partial charge on any atom is 0.471 e. The molecule has 1 amide bonds. The maximum atomic E-state index is 12.0. The van der Waals surface area contributed by atoms with Gasteiger partial charge in [-0.15, -0.1) is 0 Å². The molecule has 0 aromatic rings. The predicted octanol–water partition coefficient (Wildman–Crippen LogP) is 2.12.